The Morgan fingerprint density at radius 2 is 1.74 bits per heavy atom. The van der Waals surface area contributed by atoms with Crippen LogP contribution in [0.25, 0.3) is 10.8 Å². The molecule has 31 heavy (non-hydrogen) atoms. The second kappa shape index (κ2) is 7.84. The largest absolute Gasteiger partial charge is 0.333 e. The molecule has 2 N–H and O–H groups in total. The molecule has 0 spiro atoms. The van der Waals surface area contributed by atoms with Crippen LogP contribution in [0.4, 0.5) is 4.79 Å². The van der Waals surface area contributed by atoms with E-state index in [-0.39, 0.29) is 23.0 Å². The van der Waals surface area contributed by atoms with Gasteiger partial charge in [0.15, 0.2) is 0 Å². The zero-order valence-corrected chi connectivity index (χ0v) is 17.8. The molecule has 3 aromatic rings. The van der Waals surface area contributed by atoms with Gasteiger partial charge < -0.3 is 10.2 Å². The van der Waals surface area contributed by atoms with Crippen LogP contribution >= 0.6 is 0 Å². The second-order valence-electron chi connectivity index (χ2n) is 9.41. The summed E-state index contributed by atoms with van der Waals surface area (Å²) in [6.45, 7) is 3.08. The zero-order chi connectivity index (χ0) is 21.4. The normalized spacial score (nSPS) is 25.5. The summed E-state index contributed by atoms with van der Waals surface area (Å²) in [6.07, 6.45) is 4.72. The third-order valence-electron chi connectivity index (χ3n) is 6.97. The van der Waals surface area contributed by atoms with Gasteiger partial charge in [0.05, 0.1) is 17.1 Å². The van der Waals surface area contributed by atoms with Gasteiger partial charge >= 0.3 is 6.03 Å². The fourth-order valence-electron chi connectivity index (χ4n) is 5.24. The maximum absolute atomic E-state index is 12.5. The molecule has 0 bridgehead atoms. The number of nitrogens with one attached hydrogen (secondary N) is 2. The third-order valence-corrected chi connectivity index (χ3v) is 6.97. The van der Waals surface area contributed by atoms with Crippen LogP contribution in [-0.4, -0.2) is 39.8 Å². The number of H-pyrrole nitrogens is 1. The number of fused-ring (bicyclic) bond motifs is 1. The Bertz CT molecular complexity index is 1150. The van der Waals surface area contributed by atoms with E-state index in [9.17, 15) is 9.59 Å². The SMILES string of the molecule is C[C@]1(CCc2n[nH]c(=O)c3ccccc23)C[C@H](N2C[C@H](Cc3ccccc3)NC2=O)C1. The van der Waals surface area contributed by atoms with Crippen LogP contribution in [0.2, 0.25) is 0 Å². The monoisotopic (exact) mass is 416 g/mol. The van der Waals surface area contributed by atoms with E-state index in [0.29, 0.717) is 11.4 Å². The van der Waals surface area contributed by atoms with Crippen molar-refractivity contribution in [1.29, 1.82) is 0 Å². The van der Waals surface area contributed by atoms with E-state index in [0.717, 1.165) is 49.7 Å². The summed E-state index contributed by atoms with van der Waals surface area (Å²) in [4.78, 5) is 26.6. The molecule has 6 heteroatoms. The standard InChI is InChI=1S/C25H28N4O2/c1-25(12-11-22-20-9-5-6-10-21(20)23(30)28-27-22)14-19(15-25)29-16-18(26-24(29)31)13-17-7-3-2-4-8-17/h2-10,18-19H,11-16H2,1H3,(H,26,31)(H,28,30)/t18-,19-,25-/m0/s1. The van der Waals surface area contributed by atoms with Crippen molar-refractivity contribution >= 4 is 16.8 Å². The molecule has 2 aromatic carbocycles. The first-order valence-electron chi connectivity index (χ1n) is 11.1. The summed E-state index contributed by atoms with van der Waals surface area (Å²) < 4.78 is 0. The van der Waals surface area contributed by atoms with Crippen molar-refractivity contribution in [2.24, 2.45) is 5.41 Å². The molecule has 1 atom stereocenters. The van der Waals surface area contributed by atoms with Gasteiger partial charge in [-0.1, -0.05) is 55.5 Å². The average molecular weight is 417 g/mol. The fourth-order valence-corrected chi connectivity index (χ4v) is 5.24. The highest BCUT2D eigenvalue weighted by Crippen LogP contribution is 2.47. The van der Waals surface area contributed by atoms with Crippen molar-refractivity contribution < 1.29 is 4.79 Å². The molecule has 160 valence electrons. The van der Waals surface area contributed by atoms with E-state index in [1.54, 1.807) is 0 Å². The number of hydrogen-bond acceptors (Lipinski definition) is 3. The van der Waals surface area contributed by atoms with Crippen LogP contribution < -0.4 is 10.9 Å². The van der Waals surface area contributed by atoms with E-state index in [1.807, 2.05) is 47.4 Å². The molecule has 1 aliphatic carbocycles. The van der Waals surface area contributed by atoms with Crippen LogP contribution in [0.5, 0.6) is 0 Å². The highest BCUT2D eigenvalue weighted by Gasteiger charge is 2.46. The van der Waals surface area contributed by atoms with Crippen LogP contribution in [0.15, 0.2) is 59.4 Å². The average Bonchev–Trinajstić information content (AvgIpc) is 3.12. The van der Waals surface area contributed by atoms with Crippen molar-refractivity contribution in [1.82, 2.24) is 20.4 Å². The number of rotatable bonds is 6. The molecule has 0 radical (unpaired) electrons. The zero-order valence-electron chi connectivity index (χ0n) is 17.8. The molecular formula is C25H28N4O2. The molecule has 2 heterocycles. The lowest BCUT2D eigenvalue weighted by Crippen LogP contribution is -2.51. The summed E-state index contributed by atoms with van der Waals surface area (Å²) in [6, 6.07) is 18.5. The Balaban J connectivity index is 1.18. The maximum atomic E-state index is 12.5. The number of aromatic nitrogens is 2. The summed E-state index contributed by atoms with van der Waals surface area (Å²) in [5, 5.41) is 11.7. The molecule has 1 aromatic heterocycles. The Labute approximate surface area is 181 Å². The third kappa shape index (κ3) is 3.94. The fraction of sp³-hybridized carbons (Fsp3) is 0.400. The van der Waals surface area contributed by atoms with Crippen molar-refractivity contribution in [3.8, 4) is 0 Å². The van der Waals surface area contributed by atoms with Gasteiger partial charge in [-0.3, -0.25) is 4.79 Å². The van der Waals surface area contributed by atoms with Crippen molar-refractivity contribution in [2.75, 3.05) is 6.54 Å². The molecule has 2 aliphatic rings. The number of urea groups is 1. The minimum absolute atomic E-state index is 0.0706. The number of hydrogen-bond donors (Lipinski definition) is 2. The smallest absolute Gasteiger partial charge is 0.318 e. The number of aryl methyl sites for hydroxylation is 1. The van der Waals surface area contributed by atoms with Gasteiger partial charge in [0.25, 0.3) is 5.56 Å². The van der Waals surface area contributed by atoms with Gasteiger partial charge in [0.2, 0.25) is 0 Å². The number of benzene rings is 2. The van der Waals surface area contributed by atoms with Gasteiger partial charge in [-0.05, 0) is 49.1 Å². The number of nitrogens with zero attached hydrogens (tertiary/aromatic N) is 2. The van der Waals surface area contributed by atoms with E-state index in [2.05, 4.69) is 34.6 Å². The second-order valence-corrected chi connectivity index (χ2v) is 9.41. The number of carbonyl (C=O) groups is 1. The lowest BCUT2D eigenvalue weighted by molar-refractivity contribution is 0.0355. The molecule has 2 amide bonds. The maximum Gasteiger partial charge on any atom is 0.318 e. The molecule has 6 nitrogen and oxygen atoms in total. The number of amides is 2. The van der Waals surface area contributed by atoms with Gasteiger partial charge in [0, 0.05) is 18.0 Å². The molecule has 1 saturated heterocycles. The molecule has 5 rings (SSSR count). The lowest BCUT2D eigenvalue weighted by Gasteiger charge is -2.49. The number of aromatic amines is 1. The van der Waals surface area contributed by atoms with E-state index in [4.69, 9.17) is 0 Å². The predicted molar refractivity (Wildman–Crippen MR) is 121 cm³/mol. The first-order valence-corrected chi connectivity index (χ1v) is 11.1. The summed E-state index contributed by atoms with van der Waals surface area (Å²) in [5.41, 5.74) is 2.26. The summed E-state index contributed by atoms with van der Waals surface area (Å²) in [7, 11) is 0. The molecule has 0 unspecified atom stereocenters. The lowest BCUT2D eigenvalue weighted by atomic mass is 9.63. The predicted octanol–water partition coefficient (Wildman–Crippen LogP) is 3.66. The Hall–Kier alpha value is -3.15. The summed E-state index contributed by atoms with van der Waals surface area (Å²) >= 11 is 0. The van der Waals surface area contributed by atoms with E-state index in [1.165, 1.54) is 5.56 Å². The highest BCUT2D eigenvalue weighted by molar-refractivity contribution is 5.83. The van der Waals surface area contributed by atoms with Crippen LogP contribution in [0.1, 0.15) is 37.4 Å². The molecule has 2 fully saturated rings. The van der Waals surface area contributed by atoms with Crippen LogP contribution in [0.3, 0.4) is 0 Å². The topological polar surface area (TPSA) is 78.1 Å². The Kier molecular flexibility index (Phi) is 5.00. The highest BCUT2D eigenvalue weighted by atomic mass is 16.2. The molecule has 1 aliphatic heterocycles. The molecule has 1 saturated carbocycles. The first kappa shape index (κ1) is 19.8. The minimum atomic E-state index is -0.139. The van der Waals surface area contributed by atoms with Gasteiger partial charge in [-0.25, -0.2) is 9.89 Å². The van der Waals surface area contributed by atoms with Crippen LogP contribution in [-0.2, 0) is 12.8 Å². The summed E-state index contributed by atoms with van der Waals surface area (Å²) in [5.74, 6) is 0. The minimum Gasteiger partial charge on any atom is -0.333 e. The van der Waals surface area contributed by atoms with E-state index >= 15 is 0 Å². The van der Waals surface area contributed by atoms with Crippen molar-refractivity contribution in [3.05, 3.63) is 76.2 Å². The quantitative estimate of drug-likeness (QED) is 0.644. The van der Waals surface area contributed by atoms with Gasteiger partial charge in [-0.15, -0.1) is 0 Å². The number of carbonyl (C=O) groups excluding carboxylic acids is 1. The van der Waals surface area contributed by atoms with Crippen molar-refractivity contribution in [3.63, 3.8) is 0 Å². The van der Waals surface area contributed by atoms with Gasteiger partial charge in [-0.2, -0.15) is 5.10 Å². The molecular weight excluding hydrogens is 388 g/mol. The van der Waals surface area contributed by atoms with E-state index < -0.39 is 0 Å². The first-order chi connectivity index (χ1) is 15.0. The Morgan fingerprint density at radius 3 is 2.52 bits per heavy atom. The Morgan fingerprint density at radius 1 is 1.03 bits per heavy atom. The van der Waals surface area contributed by atoms with Crippen molar-refractivity contribution in [2.45, 2.75) is 51.1 Å². The van der Waals surface area contributed by atoms with Gasteiger partial charge in [0.1, 0.15) is 0 Å². The van der Waals surface area contributed by atoms with Crippen LogP contribution in [0, 0.1) is 5.41 Å².